The van der Waals surface area contributed by atoms with E-state index < -0.39 is 0 Å². The fourth-order valence-corrected chi connectivity index (χ4v) is 13.1. The van der Waals surface area contributed by atoms with E-state index in [4.69, 9.17) is 28.6 Å². The summed E-state index contributed by atoms with van der Waals surface area (Å²) in [6.07, 6.45) is 11.5. The van der Waals surface area contributed by atoms with Gasteiger partial charge in [0.1, 0.15) is 0 Å². The molecule has 0 unspecified atom stereocenters. The molecule has 444 valence electrons. The number of aromatic nitrogens is 6. The summed E-state index contributed by atoms with van der Waals surface area (Å²) in [5, 5.41) is 7.50. The Labute approximate surface area is 534 Å². The number of aryl methyl sites for hydroxylation is 2. The number of benzene rings is 8. The van der Waals surface area contributed by atoms with Crippen molar-refractivity contribution < 1.29 is 18.6 Å². The van der Waals surface area contributed by atoms with Gasteiger partial charge in [-0.05, 0) is 173 Å². The standard InChI is InChI=1S/C41H28N4.C19H30B2O4.C17H11BrN2/c1-27-18-28(30-21-32(25-42-23-30)44-38-14-6-2-10-34(38)35-11-3-7-15-39(35)44)20-29(19-27)31-22-33(26-43-24-31)45-40-16-8-4-12-36(40)37-13-5-9-17-41(37)45;1-13-10-14(20-22-16(2,3)17(4,5)23-20)12-15(11-13)21-24-18(6,7)19(8,9)25-21;18-12-9-13(11-19-10-12)20-16-7-3-1-5-14(16)15-6-2-4-8-17(15)20/h2-26H,1H3;10-12H,1-9H3;1-11H. The zero-order chi connectivity index (χ0) is 62.3. The fourth-order valence-electron chi connectivity index (χ4n) is 12.7. The molecule has 0 saturated carbocycles. The third-order valence-electron chi connectivity index (χ3n) is 18.6. The van der Waals surface area contributed by atoms with Gasteiger partial charge in [0.25, 0.3) is 0 Å². The summed E-state index contributed by atoms with van der Waals surface area (Å²) in [4.78, 5) is 13.7. The average molecular weight is 1240 g/mol. The van der Waals surface area contributed by atoms with Crippen molar-refractivity contribution in [2.45, 2.75) is 91.6 Å². The largest absolute Gasteiger partial charge is 0.494 e. The van der Waals surface area contributed by atoms with Crippen LogP contribution in [0.2, 0.25) is 0 Å². The van der Waals surface area contributed by atoms with Crippen LogP contribution in [0.5, 0.6) is 0 Å². The highest BCUT2D eigenvalue weighted by molar-refractivity contribution is 9.10. The molecule has 2 saturated heterocycles. The van der Waals surface area contributed by atoms with Gasteiger partial charge >= 0.3 is 14.2 Å². The monoisotopic (exact) mass is 1240 g/mol. The van der Waals surface area contributed by atoms with E-state index in [1.165, 1.54) is 71.0 Å². The maximum absolute atomic E-state index is 6.20. The topological polar surface area (TPSA) is 90.4 Å². The second-order valence-electron chi connectivity index (χ2n) is 25.8. The Kier molecular flexibility index (Phi) is 14.9. The first-order valence-corrected chi connectivity index (χ1v) is 31.5. The number of para-hydroxylation sites is 6. The average Bonchev–Trinajstić information content (AvgIpc) is 1.68. The van der Waals surface area contributed by atoms with E-state index >= 15 is 0 Å². The minimum Gasteiger partial charge on any atom is -0.399 e. The van der Waals surface area contributed by atoms with Crippen LogP contribution in [-0.4, -0.2) is 65.3 Å². The zero-order valence-electron chi connectivity index (χ0n) is 52.4. The van der Waals surface area contributed by atoms with E-state index in [1.807, 2.05) is 31.0 Å². The molecule has 0 N–H and O–H groups in total. The van der Waals surface area contributed by atoms with Crippen molar-refractivity contribution in [1.29, 1.82) is 0 Å². The lowest BCUT2D eigenvalue weighted by atomic mass is 9.71. The van der Waals surface area contributed by atoms with Crippen molar-refractivity contribution in [2.75, 3.05) is 0 Å². The van der Waals surface area contributed by atoms with Crippen LogP contribution in [0.1, 0.15) is 66.5 Å². The molecule has 2 fully saturated rings. The molecule has 2 aliphatic heterocycles. The highest BCUT2D eigenvalue weighted by Crippen LogP contribution is 2.40. The van der Waals surface area contributed by atoms with Gasteiger partial charge in [0.15, 0.2) is 0 Å². The molecule has 0 bridgehead atoms. The molecule has 13 heteroatoms. The second-order valence-corrected chi connectivity index (χ2v) is 26.7. The molecule has 8 heterocycles. The van der Waals surface area contributed by atoms with Crippen LogP contribution in [0.15, 0.2) is 242 Å². The van der Waals surface area contributed by atoms with Crippen molar-refractivity contribution in [3.05, 3.63) is 253 Å². The Balaban J connectivity index is 0.000000132. The molecular formula is C77H69B2BrN6O4. The van der Waals surface area contributed by atoms with Crippen molar-refractivity contribution >= 4 is 107 Å². The van der Waals surface area contributed by atoms with Crippen LogP contribution in [0.4, 0.5) is 0 Å². The Hall–Kier alpha value is -8.94. The number of pyridine rings is 3. The highest BCUT2D eigenvalue weighted by Gasteiger charge is 2.54. The summed E-state index contributed by atoms with van der Waals surface area (Å²) in [5.74, 6) is 0. The minimum atomic E-state index is -0.383. The van der Waals surface area contributed by atoms with Gasteiger partial charge in [0.2, 0.25) is 0 Å². The van der Waals surface area contributed by atoms with Gasteiger partial charge in [-0.15, -0.1) is 0 Å². The maximum Gasteiger partial charge on any atom is 0.494 e. The van der Waals surface area contributed by atoms with Crippen LogP contribution in [-0.2, 0) is 18.6 Å². The number of fused-ring (bicyclic) bond motifs is 9. The Morgan fingerprint density at radius 1 is 0.311 bits per heavy atom. The van der Waals surface area contributed by atoms with Crippen molar-refractivity contribution in [2.24, 2.45) is 0 Å². The third kappa shape index (κ3) is 10.6. The van der Waals surface area contributed by atoms with E-state index in [0.717, 1.165) is 60.3 Å². The maximum atomic E-state index is 6.20. The molecule has 0 aliphatic carbocycles. The summed E-state index contributed by atoms with van der Waals surface area (Å²) >= 11 is 3.50. The van der Waals surface area contributed by atoms with Crippen LogP contribution >= 0.6 is 15.9 Å². The van der Waals surface area contributed by atoms with Crippen LogP contribution in [0.25, 0.3) is 105 Å². The van der Waals surface area contributed by atoms with Crippen LogP contribution < -0.4 is 10.9 Å². The SMILES string of the molecule is Brc1cncc(-n2c3ccccc3c3ccccc32)c1.Cc1cc(-c2cncc(-n3c4ccccc4c4ccccc43)c2)cc(-c2cncc(-n3c4ccccc4c4ccccc43)c2)c1.Cc1cc(B2OC(C)(C)C(C)(C)O2)cc(B2OC(C)(C)C(C)(C)O2)c1. The number of halogens is 1. The van der Waals surface area contributed by atoms with E-state index in [9.17, 15) is 0 Å². The van der Waals surface area contributed by atoms with Gasteiger partial charge in [0, 0.05) is 66.5 Å². The molecule has 0 spiro atoms. The molecule has 6 aromatic heterocycles. The van der Waals surface area contributed by atoms with Crippen molar-refractivity contribution in [3.63, 3.8) is 0 Å². The van der Waals surface area contributed by atoms with Gasteiger partial charge in [-0.25, -0.2) is 0 Å². The van der Waals surface area contributed by atoms with Gasteiger partial charge in [-0.3, -0.25) is 15.0 Å². The predicted molar refractivity (Wildman–Crippen MR) is 375 cm³/mol. The first-order chi connectivity index (χ1) is 43.3. The van der Waals surface area contributed by atoms with E-state index in [-0.39, 0.29) is 36.6 Å². The van der Waals surface area contributed by atoms with Gasteiger partial charge in [0.05, 0.1) is 91.2 Å². The highest BCUT2D eigenvalue weighted by atomic mass is 79.9. The van der Waals surface area contributed by atoms with Crippen molar-refractivity contribution in [3.8, 4) is 39.3 Å². The first kappa shape index (κ1) is 58.7. The molecular weight excluding hydrogens is 1170 g/mol. The number of hydrogen-bond acceptors (Lipinski definition) is 7. The molecule has 90 heavy (non-hydrogen) atoms. The summed E-state index contributed by atoms with van der Waals surface area (Å²) < 4.78 is 32.7. The quantitative estimate of drug-likeness (QED) is 0.147. The van der Waals surface area contributed by atoms with Gasteiger partial charge in [-0.1, -0.05) is 145 Å². The van der Waals surface area contributed by atoms with Crippen molar-refractivity contribution in [1.82, 2.24) is 28.7 Å². The zero-order valence-corrected chi connectivity index (χ0v) is 54.0. The molecule has 8 aromatic carbocycles. The second kappa shape index (κ2) is 22.8. The summed E-state index contributed by atoms with van der Waals surface area (Å²) in [6.45, 7) is 20.8. The lowest BCUT2D eigenvalue weighted by Gasteiger charge is -2.32. The lowest BCUT2D eigenvalue weighted by molar-refractivity contribution is 0.00578. The number of nitrogens with zero attached hydrogens (tertiary/aromatic N) is 6. The lowest BCUT2D eigenvalue weighted by Crippen LogP contribution is -2.41. The molecule has 0 atom stereocenters. The third-order valence-corrected chi connectivity index (χ3v) is 19.0. The molecule has 14 aromatic rings. The smallest absolute Gasteiger partial charge is 0.399 e. The Morgan fingerprint density at radius 3 is 0.900 bits per heavy atom. The molecule has 0 radical (unpaired) electrons. The number of rotatable bonds is 7. The predicted octanol–water partition coefficient (Wildman–Crippen LogP) is 17.8. The molecule has 16 rings (SSSR count). The van der Waals surface area contributed by atoms with Crippen LogP contribution in [0.3, 0.4) is 0 Å². The summed E-state index contributed by atoms with van der Waals surface area (Å²) in [7, 11) is -0.767. The first-order valence-electron chi connectivity index (χ1n) is 30.7. The minimum absolute atomic E-state index is 0.355. The summed E-state index contributed by atoms with van der Waals surface area (Å²) in [5.41, 5.74) is 17.6. The van der Waals surface area contributed by atoms with E-state index in [0.29, 0.717) is 0 Å². The van der Waals surface area contributed by atoms with E-state index in [2.05, 4.69) is 304 Å². The fraction of sp³-hybridized carbons (Fsp3) is 0.182. The summed E-state index contributed by atoms with van der Waals surface area (Å²) in [6, 6.07) is 70.9. The Bertz CT molecular complexity index is 4660. The normalized spacial score (nSPS) is 15.6. The molecule has 10 nitrogen and oxygen atoms in total. The number of hydrogen-bond donors (Lipinski definition) is 0. The van der Waals surface area contributed by atoms with Crippen LogP contribution in [0, 0.1) is 13.8 Å². The molecule has 2 aliphatic rings. The molecule has 0 amide bonds. The van der Waals surface area contributed by atoms with Gasteiger partial charge in [-0.2, -0.15) is 0 Å². The Morgan fingerprint density at radius 2 is 0.589 bits per heavy atom. The van der Waals surface area contributed by atoms with E-state index in [1.54, 1.807) is 6.20 Å². The van der Waals surface area contributed by atoms with Gasteiger partial charge < -0.3 is 32.3 Å².